The zero-order valence-corrected chi connectivity index (χ0v) is 24.2. The Morgan fingerprint density at radius 1 is 1.27 bits per heavy atom. The second-order valence-corrected chi connectivity index (χ2v) is 10.6. The summed E-state index contributed by atoms with van der Waals surface area (Å²) in [6.45, 7) is 6.08. The molecule has 3 atom stereocenters. The van der Waals surface area contributed by atoms with Crippen LogP contribution in [0.4, 0.5) is 0 Å². The summed E-state index contributed by atoms with van der Waals surface area (Å²) in [6.07, 6.45) is 4.19. The van der Waals surface area contributed by atoms with E-state index in [1.54, 1.807) is 17.0 Å². The molecule has 37 heavy (non-hydrogen) atoms. The zero-order chi connectivity index (χ0) is 27.5. The molecule has 2 amide bonds. The molecule has 10 heteroatoms. The first kappa shape index (κ1) is 31.0. The van der Waals surface area contributed by atoms with Gasteiger partial charge in [0.2, 0.25) is 11.8 Å². The average Bonchev–Trinajstić information content (AvgIpc) is 2.89. The number of hydrogen-bond acceptors (Lipinski definition) is 7. The van der Waals surface area contributed by atoms with Crippen molar-refractivity contribution in [3.63, 3.8) is 0 Å². The minimum absolute atomic E-state index is 0.0828. The third kappa shape index (κ3) is 8.41. The van der Waals surface area contributed by atoms with Gasteiger partial charge in [-0.1, -0.05) is 40.0 Å². The summed E-state index contributed by atoms with van der Waals surface area (Å²) in [5.41, 5.74) is 0.776. The first-order valence-electron chi connectivity index (χ1n) is 12.8. The second-order valence-electron chi connectivity index (χ2n) is 9.41. The number of carbonyl (C=O) groups is 3. The van der Waals surface area contributed by atoms with Crippen molar-refractivity contribution < 1.29 is 34.1 Å². The van der Waals surface area contributed by atoms with Crippen molar-refractivity contribution in [2.24, 2.45) is 5.92 Å². The molecule has 1 aromatic carbocycles. The summed E-state index contributed by atoms with van der Waals surface area (Å²) in [5, 5.41) is 23.3. The number of nitrogens with one attached hydrogen (secondary N) is 1. The molecule has 3 N–H and O–H groups in total. The molecular formula is C27H39IN2O7. The number of aldehydes is 1. The number of hydrogen-bond donors (Lipinski definition) is 3. The normalized spacial score (nSPS) is 19.2. The van der Waals surface area contributed by atoms with Gasteiger partial charge in [0.25, 0.3) is 0 Å². The summed E-state index contributed by atoms with van der Waals surface area (Å²) in [6, 6.07) is 2.50. The fourth-order valence-corrected chi connectivity index (χ4v) is 5.07. The molecule has 0 saturated carbocycles. The molecule has 0 aromatic heterocycles. The molecule has 0 heterocycles. The third-order valence-electron chi connectivity index (χ3n) is 6.29. The van der Waals surface area contributed by atoms with Crippen LogP contribution in [-0.4, -0.2) is 78.3 Å². The Morgan fingerprint density at radius 2 is 2.00 bits per heavy atom. The molecule has 0 spiro atoms. The molecule has 0 radical (unpaired) electrons. The maximum Gasteiger partial charge on any atom is 0.247 e. The number of aliphatic hydroxyl groups excluding tert-OH is 2. The Kier molecular flexibility index (Phi) is 12.8. The molecule has 2 rings (SSSR count). The number of aliphatic hydroxyl groups is 2. The summed E-state index contributed by atoms with van der Waals surface area (Å²) in [4.78, 5) is 39.2. The van der Waals surface area contributed by atoms with Gasteiger partial charge in [0.05, 0.1) is 23.3 Å². The van der Waals surface area contributed by atoms with Crippen molar-refractivity contribution >= 4 is 40.7 Å². The lowest BCUT2D eigenvalue weighted by Crippen LogP contribution is -2.56. The predicted molar refractivity (Wildman–Crippen MR) is 149 cm³/mol. The Hall–Kier alpha value is -2.18. The molecule has 1 aliphatic carbocycles. The van der Waals surface area contributed by atoms with Gasteiger partial charge in [-0.3, -0.25) is 14.4 Å². The van der Waals surface area contributed by atoms with Crippen LogP contribution >= 0.6 is 22.6 Å². The Balaban J connectivity index is 2.47. The predicted octanol–water partition coefficient (Wildman–Crippen LogP) is 3.09. The summed E-state index contributed by atoms with van der Waals surface area (Å²) in [5.74, 6) is -0.126. The lowest BCUT2D eigenvalue weighted by atomic mass is 9.87. The number of nitrogens with zero attached hydrogens (tertiary/aromatic N) is 1. The van der Waals surface area contributed by atoms with Gasteiger partial charge in [-0.25, -0.2) is 0 Å². The SMILES string of the molecule is CCCCCCN(C(=O)C(C)C)C1CC(C(=O)NCCO)=CC(Oc2c(I)cc(C=O)cc2OC)C1O. The fourth-order valence-electron chi connectivity index (χ4n) is 4.32. The molecule has 1 aliphatic rings. The van der Waals surface area contributed by atoms with E-state index in [-0.39, 0.29) is 37.3 Å². The monoisotopic (exact) mass is 630 g/mol. The Labute approximate surface area is 232 Å². The van der Waals surface area contributed by atoms with Crippen molar-refractivity contribution in [1.82, 2.24) is 10.2 Å². The van der Waals surface area contributed by atoms with E-state index in [4.69, 9.17) is 14.6 Å². The zero-order valence-electron chi connectivity index (χ0n) is 22.0. The van der Waals surface area contributed by atoms with Crippen LogP contribution in [0, 0.1) is 9.49 Å². The number of benzene rings is 1. The smallest absolute Gasteiger partial charge is 0.247 e. The highest BCUT2D eigenvalue weighted by atomic mass is 127. The van der Waals surface area contributed by atoms with Gasteiger partial charge < -0.3 is 29.9 Å². The van der Waals surface area contributed by atoms with E-state index in [1.165, 1.54) is 13.2 Å². The van der Waals surface area contributed by atoms with Crippen LogP contribution in [0.1, 0.15) is 63.2 Å². The number of unbranched alkanes of at least 4 members (excludes halogenated alkanes) is 3. The van der Waals surface area contributed by atoms with E-state index in [0.29, 0.717) is 39.0 Å². The van der Waals surface area contributed by atoms with Crippen molar-refractivity contribution in [2.45, 2.75) is 71.1 Å². The minimum Gasteiger partial charge on any atom is -0.493 e. The second kappa shape index (κ2) is 15.3. The molecule has 206 valence electrons. The molecule has 9 nitrogen and oxygen atoms in total. The number of amides is 2. The maximum absolute atomic E-state index is 13.3. The van der Waals surface area contributed by atoms with Crippen LogP contribution < -0.4 is 14.8 Å². The molecular weight excluding hydrogens is 591 g/mol. The summed E-state index contributed by atoms with van der Waals surface area (Å²) >= 11 is 2.02. The van der Waals surface area contributed by atoms with Gasteiger partial charge in [-0.05, 0) is 47.2 Å². The van der Waals surface area contributed by atoms with Gasteiger partial charge in [0.1, 0.15) is 18.5 Å². The number of rotatable bonds is 14. The van der Waals surface area contributed by atoms with Gasteiger partial charge in [-0.2, -0.15) is 0 Å². The highest BCUT2D eigenvalue weighted by molar-refractivity contribution is 14.1. The van der Waals surface area contributed by atoms with Crippen molar-refractivity contribution in [2.75, 3.05) is 26.8 Å². The highest BCUT2D eigenvalue weighted by Gasteiger charge is 2.41. The summed E-state index contributed by atoms with van der Waals surface area (Å²) in [7, 11) is 1.45. The standard InChI is InChI=1S/C27H39IN2O7/c1-5-6-7-8-10-30(27(35)17(2)3)21-14-19(26(34)29-9-11-31)15-22(24(21)33)37-25-20(28)12-18(16-32)13-23(25)36-4/h12-13,15-17,21-22,24,31,33H,5-11,14H2,1-4H3,(H,29,34). The quantitative estimate of drug-likeness (QED) is 0.164. The molecule has 0 fully saturated rings. The summed E-state index contributed by atoms with van der Waals surface area (Å²) < 4.78 is 12.3. The number of ether oxygens (including phenoxy) is 2. The first-order valence-corrected chi connectivity index (χ1v) is 13.8. The Bertz CT molecular complexity index is 966. The number of methoxy groups -OCH3 is 1. The topological polar surface area (TPSA) is 125 Å². The lowest BCUT2D eigenvalue weighted by molar-refractivity contribution is -0.142. The van der Waals surface area contributed by atoms with E-state index < -0.39 is 18.2 Å². The molecule has 0 aliphatic heterocycles. The highest BCUT2D eigenvalue weighted by Crippen LogP contribution is 2.37. The average molecular weight is 631 g/mol. The van der Waals surface area contributed by atoms with E-state index in [1.807, 2.05) is 36.4 Å². The lowest BCUT2D eigenvalue weighted by Gasteiger charge is -2.41. The number of carbonyl (C=O) groups excluding carboxylic acids is 3. The van der Waals surface area contributed by atoms with Crippen LogP contribution in [0.2, 0.25) is 0 Å². The third-order valence-corrected chi connectivity index (χ3v) is 7.09. The number of halogens is 1. The van der Waals surface area contributed by atoms with E-state index in [2.05, 4.69) is 12.2 Å². The molecule has 0 bridgehead atoms. The largest absolute Gasteiger partial charge is 0.493 e. The van der Waals surface area contributed by atoms with Crippen LogP contribution in [0.15, 0.2) is 23.8 Å². The minimum atomic E-state index is -1.12. The fraction of sp³-hybridized carbons (Fsp3) is 0.593. The van der Waals surface area contributed by atoms with Crippen LogP contribution in [0.5, 0.6) is 11.5 Å². The van der Waals surface area contributed by atoms with Crippen LogP contribution in [-0.2, 0) is 9.59 Å². The van der Waals surface area contributed by atoms with Crippen molar-refractivity contribution in [3.05, 3.63) is 32.9 Å². The first-order chi connectivity index (χ1) is 17.7. The molecule has 1 aromatic rings. The molecule has 0 saturated heterocycles. The van der Waals surface area contributed by atoms with Crippen molar-refractivity contribution in [3.8, 4) is 11.5 Å². The van der Waals surface area contributed by atoms with Crippen molar-refractivity contribution in [1.29, 1.82) is 0 Å². The van der Waals surface area contributed by atoms with Gasteiger partial charge in [0, 0.05) is 36.6 Å². The maximum atomic E-state index is 13.3. The van der Waals surface area contributed by atoms with E-state index >= 15 is 0 Å². The van der Waals surface area contributed by atoms with Gasteiger partial charge in [-0.15, -0.1) is 0 Å². The van der Waals surface area contributed by atoms with Gasteiger partial charge in [0.15, 0.2) is 11.5 Å². The van der Waals surface area contributed by atoms with Crippen LogP contribution in [0.25, 0.3) is 0 Å². The van der Waals surface area contributed by atoms with Gasteiger partial charge >= 0.3 is 0 Å². The van der Waals surface area contributed by atoms with E-state index in [9.17, 15) is 19.5 Å². The van der Waals surface area contributed by atoms with Crippen LogP contribution in [0.3, 0.4) is 0 Å². The molecule has 3 unspecified atom stereocenters. The van der Waals surface area contributed by atoms with E-state index in [0.717, 1.165) is 25.7 Å². The Morgan fingerprint density at radius 3 is 2.59 bits per heavy atom.